The van der Waals surface area contributed by atoms with Crippen LogP contribution in [0.3, 0.4) is 0 Å². The van der Waals surface area contributed by atoms with Gasteiger partial charge in [-0.25, -0.2) is 8.42 Å². The molecule has 0 saturated heterocycles. The van der Waals surface area contributed by atoms with E-state index < -0.39 is 9.84 Å². The highest BCUT2D eigenvalue weighted by Crippen LogP contribution is 2.01. The minimum absolute atomic E-state index is 0.113. The second kappa shape index (κ2) is 5.57. The smallest absolute Gasteiger partial charge is 0.147 e. The number of rotatable bonds is 6. The third kappa shape index (κ3) is 8.21. The third-order valence-corrected chi connectivity index (χ3v) is 2.87. The van der Waals surface area contributed by atoms with E-state index in [0.29, 0.717) is 13.1 Å². The Labute approximate surface area is 80.5 Å². The van der Waals surface area contributed by atoms with Gasteiger partial charge >= 0.3 is 0 Å². The van der Waals surface area contributed by atoms with Crippen molar-refractivity contribution >= 4 is 9.84 Å². The highest BCUT2D eigenvalue weighted by Gasteiger charge is 2.12. The van der Waals surface area contributed by atoms with Crippen molar-refractivity contribution in [3.8, 4) is 0 Å². The number of aliphatic hydroxyl groups is 1. The summed E-state index contributed by atoms with van der Waals surface area (Å²) >= 11 is 0. The van der Waals surface area contributed by atoms with E-state index in [1.807, 2.05) is 18.9 Å². The fraction of sp³-hybridized carbons (Fsp3) is 1.00. The first-order chi connectivity index (χ1) is 5.85. The molecule has 0 aliphatic heterocycles. The first-order valence-electron chi connectivity index (χ1n) is 4.32. The van der Waals surface area contributed by atoms with Gasteiger partial charge < -0.3 is 10.0 Å². The molecule has 4 nitrogen and oxygen atoms in total. The summed E-state index contributed by atoms with van der Waals surface area (Å²) in [6, 6.07) is 0. The molecule has 0 rings (SSSR count). The van der Waals surface area contributed by atoms with E-state index in [0.717, 1.165) is 0 Å². The van der Waals surface area contributed by atoms with E-state index in [1.54, 1.807) is 0 Å². The summed E-state index contributed by atoms with van der Waals surface area (Å²) in [4.78, 5) is 1.93. The van der Waals surface area contributed by atoms with E-state index in [9.17, 15) is 8.42 Å². The Morgan fingerprint density at radius 1 is 1.46 bits per heavy atom. The fourth-order valence-electron chi connectivity index (χ4n) is 1.36. The molecule has 1 N–H and O–H groups in total. The molecule has 0 aliphatic carbocycles. The van der Waals surface area contributed by atoms with E-state index >= 15 is 0 Å². The molecular weight excluding hydrogens is 190 g/mol. The van der Waals surface area contributed by atoms with Gasteiger partial charge in [0.2, 0.25) is 0 Å². The van der Waals surface area contributed by atoms with E-state index in [-0.39, 0.29) is 18.3 Å². The van der Waals surface area contributed by atoms with Crippen LogP contribution in [0.2, 0.25) is 0 Å². The number of likely N-dealkylation sites (N-methyl/N-ethyl adjacent to an activating group) is 1. The highest BCUT2D eigenvalue weighted by atomic mass is 32.2. The molecule has 0 aromatic carbocycles. The first-order valence-corrected chi connectivity index (χ1v) is 6.38. The molecule has 0 aromatic heterocycles. The third-order valence-electron chi connectivity index (χ3n) is 1.69. The minimum atomic E-state index is -2.87. The quantitative estimate of drug-likeness (QED) is 0.646. The Balaban J connectivity index is 3.80. The van der Waals surface area contributed by atoms with Crippen molar-refractivity contribution < 1.29 is 13.5 Å². The maximum absolute atomic E-state index is 10.9. The lowest BCUT2D eigenvalue weighted by atomic mass is 10.2. The predicted molar refractivity (Wildman–Crippen MR) is 53.5 cm³/mol. The summed E-state index contributed by atoms with van der Waals surface area (Å²) in [6.07, 6.45) is 1.25. The monoisotopic (exact) mass is 209 g/mol. The van der Waals surface area contributed by atoms with Gasteiger partial charge in [0.1, 0.15) is 9.84 Å². The van der Waals surface area contributed by atoms with Crippen LogP contribution in [0.25, 0.3) is 0 Å². The zero-order valence-electron chi connectivity index (χ0n) is 8.52. The molecule has 5 heteroatoms. The van der Waals surface area contributed by atoms with Gasteiger partial charge in [0.15, 0.2) is 0 Å². The lowest BCUT2D eigenvalue weighted by Gasteiger charge is -2.19. The van der Waals surface area contributed by atoms with Gasteiger partial charge in [-0.1, -0.05) is 6.92 Å². The second-order valence-electron chi connectivity index (χ2n) is 3.68. The summed E-state index contributed by atoms with van der Waals surface area (Å²) in [6.45, 7) is 3.30. The largest absolute Gasteiger partial charge is 0.395 e. The van der Waals surface area contributed by atoms with Crippen LogP contribution >= 0.6 is 0 Å². The number of hydrogen-bond donors (Lipinski definition) is 1. The zero-order chi connectivity index (χ0) is 10.5. The van der Waals surface area contributed by atoms with Crippen molar-refractivity contribution in [3.05, 3.63) is 0 Å². The van der Waals surface area contributed by atoms with Crippen molar-refractivity contribution in [2.45, 2.75) is 6.92 Å². The molecule has 0 bridgehead atoms. The summed E-state index contributed by atoms with van der Waals surface area (Å²) < 4.78 is 21.8. The van der Waals surface area contributed by atoms with Gasteiger partial charge in [-0.15, -0.1) is 0 Å². The molecule has 1 unspecified atom stereocenters. The van der Waals surface area contributed by atoms with Crippen LogP contribution in [0.5, 0.6) is 0 Å². The Kier molecular flexibility index (Phi) is 5.51. The van der Waals surface area contributed by atoms with Gasteiger partial charge in [-0.2, -0.15) is 0 Å². The number of aliphatic hydroxyl groups excluding tert-OH is 1. The van der Waals surface area contributed by atoms with Gasteiger partial charge in [0.25, 0.3) is 0 Å². The summed E-state index contributed by atoms with van der Waals surface area (Å²) in [7, 11) is -1.00. The van der Waals surface area contributed by atoms with Crippen molar-refractivity contribution in [3.63, 3.8) is 0 Å². The molecule has 0 saturated carbocycles. The van der Waals surface area contributed by atoms with E-state index in [1.165, 1.54) is 6.26 Å². The molecule has 0 radical (unpaired) electrons. The summed E-state index contributed by atoms with van der Waals surface area (Å²) in [5.74, 6) is 0.328. The van der Waals surface area contributed by atoms with Crippen LogP contribution < -0.4 is 0 Å². The van der Waals surface area contributed by atoms with Gasteiger partial charge in [-0.05, 0) is 13.0 Å². The van der Waals surface area contributed by atoms with Gasteiger partial charge in [0.05, 0.1) is 12.4 Å². The minimum Gasteiger partial charge on any atom is -0.395 e. The summed E-state index contributed by atoms with van der Waals surface area (Å²) in [5.41, 5.74) is 0. The van der Waals surface area contributed by atoms with Crippen molar-refractivity contribution in [2.75, 3.05) is 38.8 Å². The maximum atomic E-state index is 10.9. The fourth-order valence-corrected chi connectivity index (χ4v) is 2.50. The number of hydrogen-bond acceptors (Lipinski definition) is 4. The lowest BCUT2D eigenvalue weighted by Crippen LogP contribution is -2.30. The maximum Gasteiger partial charge on any atom is 0.147 e. The molecule has 0 aliphatic rings. The van der Waals surface area contributed by atoms with Crippen LogP contribution in [0.1, 0.15) is 6.92 Å². The Bertz CT molecular complexity index is 226. The second-order valence-corrected chi connectivity index (χ2v) is 5.87. The molecule has 0 aromatic rings. The highest BCUT2D eigenvalue weighted by molar-refractivity contribution is 7.90. The Morgan fingerprint density at radius 2 is 2.00 bits per heavy atom. The molecule has 0 heterocycles. The first kappa shape index (κ1) is 12.9. The van der Waals surface area contributed by atoms with Gasteiger partial charge in [-0.3, -0.25) is 0 Å². The zero-order valence-corrected chi connectivity index (χ0v) is 9.34. The average molecular weight is 209 g/mol. The van der Waals surface area contributed by atoms with Crippen molar-refractivity contribution in [2.24, 2.45) is 5.92 Å². The van der Waals surface area contributed by atoms with E-state index in [2.05, 4.69) is 0 Å². The molecule has 13 heavy (non-hydrogen) atoms. The molecule has 80 valence electrons. The molecule has 1 atom stereocenters. The predicted octanol–water partition coefficient (Wildman–Crippen LogP) is -0.409. The number of nitrogens with zero attached hydrogens (tertiary/aromatic N) is 1. The lowest BCUT2D eigenvalue weighted by molar-refractivity contribution is 0.209. The topological polar surface area (TPSA) is 57.6 Å². The normalized spacial score (nSPS) is 14.8. The summed E-state index contributed by atoms with van der Waals surface area (Å²) in [5, 5.41) is 8.62. The molecule has 0 fully saturated rings. The Morgan fingerprint density at radius 3 is 2.38 bits per heavy atom. The SMILES string of the molecule is CC(CN(C)CCO)CS(C)(=O)=O. The molecular formula is C8H19NO3S. The van der Waals surface area contributed by atoms with Crippen LogP contribution in [0.4, 0.5) is 0 Å². The van der Waals surface area contributed by atoms with Crippen LogP contribution in [-0.4, -0.2) is 57.2 Å². The Hall–Kier alpha value is -0.130. The number of sulfone groups is 1. The standard InChI is InChI=1S/C8H19NO3S/c1-8(7-13(3,11)12)6-9(2)4-5-10/h8,10H,4-7H2,1-3H3. The average Bonchev–Trinajstić information content (AvgIpc) is 1.81. The molecule has 0 amide bonds. The van der Waals surface area contributed by atoms with Crippen LogP contribution in [-0.2, 0) is 9.84 Å². The van der Waals surface area contributed by atoms with Gasteiger partial charge in [0, 0.05) is 19.3 Å². The van der Waals surface area contributed by atoms with Crippen LogP contribution in [0, 0.1) is 5.92 Å². The van der Waals surface area contributed by atoms with E-state index in [4.69, 9.17) is 5.11 Å². The molecule has 0 spiro atoms. The van der Waals surface area contributed by atoms with Crippen molar-refractivity contribution in [1.82, 2.24) is 4.90 Å². The van der Waals surface area contributed by atoms with Crippen molar-refractivity contribution in [1.29, 1.82) is 0 Å². The van der Waals surface area contributed by atoms with Crippen LogP contribution in [0.15, 0.2) is 0 Å².